The predicted octanol–water partition coefficient (Wildman–Crippen LogP) is 5.49. The molecule has 29 heavy (non-hydrogen) atoms. The average Bonchev–Trinajstić information content (AvgIpc) is 2.59. The zero-order valence-electron chi connectivity index (χ0n) is 18.1. The molecule has 4 heteroatoms. The number of allylic oxidation sites excluding steroid dienone is 1. The highest BCUT2D eigenvalue weighted by Crippen LogP contribution is 2.43. The molecule has 2 aromatic carbocycles. The third-order valence-electron chi connectivity index (χ3n) is 5.36. The predicted molar refractivity (Wildman–Crippen MR) is 115 cm³/mol. The lowest BCUT2D eigenvalue weighted by Gasteiger charge is -2.29. The van der Waals surface area contributed by atoms with Crippen molar-refractivity contribution in [1.82, 2.24) is 0 Å². The van der Waals surface area contributed by atoms with Crippen molar-refractivity contribution in [1.29, 1.82) is 0 Å². The van der Waals surface area contributed by atoms with Gasteiger partial charge in [-0.2, -0.15) is 0 Å². The Labute approximate surface area is 171 Å². The van der Waals surface area contributed by atoms with Crippen LogP contribution < -0.4 is 0 Å². The van der Waals surface area contributed by atoms with E-state index in [1.165, 1.54) is 0 Å². The average molecular weight is 392 g/mol. The monoisotopic (exact) mass is 392 g/mol. The van der Waals surface area contributed by atoms with Gasteiger partial charge in [0.25, 0.3) is 0 Å². The molecule has 0 radical (unpaired) electrons. The van der Waals surface area contributed by atoms with Crippen molar-refractivity contribution in [3.63, 3.8) is 0 Å². The molecular formula is C25H28O4. The Morgan fingerprint density at radius 2 is 1.24 bits per heavy atom. The van der Waals surface area contributed by atoms with Gasteiger partial charge in [-0.3, -0.25) is 9.59 Å². The lowest BCUT2D eigenvalue weighted by molar-refractivity contribution is -0.110. The normalized spacial score (nSPS) is 15.0. The molecule has 0 unspecified atom stereocenters. The summed E-state index contributed by atoms with van der Waals surface area (Å²) in [5.74, 6) is -1.38. The molecule has 0 spiro atoms. The van der Waals surface area contributed by atoms with E-state index in [1.54, 1.807) is 30.3 Å². The summed E-state index contributed by atoms with van der Waals surface area (Å²) in [6.45, 7) is 13.7. The fourth-order valence-corrected chi connectivity index (χ4v) is 3.72. The molecule has 1 aliphatic carbocycles. The number of rotatable bonds is 1. The summed E-state index contributed by atoms with van der Waals surface area (Å²) in [4.78, 5) is 25.7. The molecule has 0 amide bonds. The highest BCUT2D eigenvalue weighted by molar-refractivity contribution is 6.62. The van der Waals surface area contributed by atoms with Gasteiger partial charge in [-0.1, -0.05) is 53.2 Å². The first-order valence-corrected chi connectivity index (χ1v) is 9.75. The van der Waals surface area contributed by atoms with E-state index in [2.05, 4.69) is 0 Å². The number of aliphatic hydroxyl groups is 1. The molecule has 0 aliphatic heterocycles. The minimum Gasteiger partial charge on any atom is -0.507 e. The molecular weight excluding hydrogens is 364 g/mol. The first kappa shape index (κ1) is 20.8. The summed E-state index contributed by atoms with van der Waals surface area (Å²) >= 11 is 0. The SMILES string of the molecule is Cc1ccc2c(c1)C(O)=C(c1cc(C(C)(C)C)c(O)c(C(C)(C)C)c1)C(=O)C2=O. The molecule has 2 aromatic rings. The molecule has 3 rings (SSSR count). The van der Waals surface area contributed by atoms with Gasteiger partial charge in [0.1, 0.15) is 11.5 Å². The number of aromatic hydroxyl groups is 1. The van der Waals surface area contributed by atoms with E-state index < -0.39 is 22.4 Å². The third-order valence-corrected chi connectivity index (χ3v) is 5.36. The second-order valence-electron chi connectivity index (χ2n) is 9.85. The molecule has 0 heterocycles. The van der Waals surface area contributed by atoms with Gasteiger partial charge in [0.05, 0.1) is 5.57 Å². The van der Waals surface area contributed by atoms with Gasteiger partial charge in [-0.15, -0.1) is 0 Å². The van der Waals surface area contributed by atoms with Crippen LogP contribution in [0.15, 0.2) is 30.3 Å². The van der Waals surface area contributed by atoms with Crippen LogP contribution >= 0.6 is 0 Å². The zero-order chi connectivity index (χ0) is 21.9. The summed E-state index contributed by atoms with van der Waals surface area (Å²) in [6, 6.07) is 8.46. The number of ketones is 2. The van der Waals surface area contributed by atoms with Crippen LogP contribution in [0.3, 0.4) is 0 Å². The number of aliphatic hydroxyl groups excluding tert-OH is 1. The fourth-order valence-electron chi connectivity index (χ4n) is 3.72. The highest BCUT2D eigenvalue weighted by Gasteiger charge is 2.36. The summed E-state index contributed by atoms with van der Waals surface area (Å²) in [7, 11) is 0. The number of benzene rings is 2. The quantitative estimate of drug-likeness (QED) is 0.630. The summed E-state index contributed by atoms with van der Waals surface area (Å²) in [6.07, 6.45) is 0. The highest BCUT2D eigenvalue weighted by atomic mass is 16.3. The maximum Gasteiger partial charge on any atom is 0.237 e. The standard InChI is InChI=1S/C25H28O4/c1-13-8-9-15-16(10-13)20(26)19(23(29)21(15)27)14-11-17(24(2,3)4)22(28)18(12-14)25(5,6)7/h8-12,26,28H,1-7H3. The molecule has 2 N–H and O–H groups in total. The number of Topliss-reactive ketones (excluding diaryl/α,β-unsaturated/α-hetero) is 2. The van der Waals surface area contributed by atoms with E-state index in [9.17, 15) is 19.8 Å². The topological polar surface area (TPSA) is 74.6 Å². The van der Waals surface area contributed by atoms with E-state index in [0.29, 0.717) is 22.3 Å². The summed E-state index contributed by atoms with van der Waals surface area (Å²) in [5, 5.41) is 21.9. The van der Waals surface area contributed by atoms with E-state index >= 15 is 0 Å². The summed E-state index contributed by atoms with van der Waals surface area (Å²) in [5.41, 5.74) is 2.43. The number of carbonyl (C=O) groups is 2. The Kier molecular flexibility index (Phi) is 4.73. The van der Waals surface area contributed by atoms with E-state index in [-0.39, 0.29) is 22.6 Å². The first-order chi connectivity index (χ1) is 13.2. The van der Waals surface area contributed by atoms with Crippen LogP contribution in [0.25, 0.3) is 11.3 Å². The van der Waals surface area contributed by atoms with Gasteiger partial charge < -0.3 is 10.2 Å². The third kappa shape index (κ3) is 3.48. The number of phenols is 1. The van der Waals surface area contributed by atoms with E-state index in [4.69, 9.17) is 0 Å². The lowest BCUT2D eigenvalue weighted by atomic mass is 9.76. The van der Waals surface area contributed by atoms with Crippen LogP contribution in [0.1, 0.15) is 79.7 Å². The van der Waals surface area contributed by atoms with Crippen molar-refractivity contribution in [2.75, 3.05) is 0 Å². The first-order valence-electron chi connectivity index (χ1n) is 9.75. The molecule has 0 saturated heterocycles. The maximum atomic E-state index is 13.0. The molecule has 0 fully saturated rings. The zero-order valence-corrected chi connectivity index (χ0v) is 18.1. The van der Waals surface area contributed by atoms with Gasteiger partial charge >= 0.3 is 0 Å². The van der Waals surface area contributed by atoms with E-state index in [1.807, 2.05) is 48.5 Å². The number of carbonyl (C=O) groups excluding carboxylic acids is 2. The van der Waals surface area contributed by atoms with Gasteiger partial charge in [-0.05, 0) is 47.6 Å². The van der Waals surface area contributed by atoms with Crippen LogP contribution in [0.4, 0.5) is 0 Å². The van der Waals surface area contributed by atoms with Crippen LogP contribution in [0.2, 0.25) is 0 Å². The van der Waals surface area contributed by atoms with Crippen molar-refractivity contribution in [3.8, 4) is 5.75 Å². The van der Waals surface area contributed by atoms with Crippen molar-refractivity contribution in [2.24, 2.45) is 0 Å². The van der Waals surface area contributed by atoms with Gasteiger partial charge in [0.2, 0.25) is 11.6 Å². The van der Waals surface area contributed by atoms with E-state index in [0.717, 1.165) is 5.56 Å². The number of hydrogen-bond donors (Lipinski definition) is 2. The van der Waals surface area contributed by atoms with Gasteiger partial charge in [-0.25, -0.2) is 0 Å². The van der Waals surface area contributed by atoms with Crippen LogP contribution in [-0.4, -0.2) is 21.8 Å². The largest absolute Gasteiger partial charge is 0.507 e. The minimum atomic E-state index is -0.732. The van der Waals surface area contributed by atoms with Crippen LogP contribution in [0, 0.1) is 6.92 Å². The second-order valence-corrected chi connectivity index (χ2v) is 9.85. The molecule has 0 aromatic heterocycles. The molecule has 0 bridgehead atoms. The Balaban J connectivity index is 2.39. The van der Waals surface area contributed by atoms with Gasteiger partial charge in [0, 0.05) is 22.3 Å². The Morgan fingerprint density at radius 1 is 0.724 bits per heavy atom. The molecule has 0 atom stereocenters. The van der Waals surface area contributed by atoms with Gasteiger partial charge in [0.15, 0.2) is 0 Å². The number of hydrogen-bond acceptors (Lipinski definition) is 4. The molecule has 0 saturated carbocycles. The van der Waals surface area contributed by atoms with Crippen molar-refractivity contribution in [3.05, 3.63) is 63.7 Å². The number of aryl methyl sites for hydroxylation is 1. The van der Waals surface area contributed by atoms with Crippen molar-refractivity contribution >= 4 is 22.9 Å². The summed E-state index contributed by atoms with van der Waals surface area (Å²) < 4.78 is 0. The smallest absolute Gasteiger partial charge is 0.237 e. The Hall–Kier alpha value is -2.88. The van der Waals surface area contributed by atoms with Crippen molar-refractivity contribution in [2.45, 2.75) is 59.3 Å². The fraction of sp³-hybridized carbons (Fsp3) is 0.360. The molecule has 1 aliphatic rings. The Bertz CT molecular complexity index is 1040. The Morgan fingerprint density at radius 3 is 1.72 bits per heavy atom. The minimum absolute atomic E-state index is 0.0101. The van der Waals surface area contributed by atoms with Crippen LogP contribution in [-0.2, 0) is 15.6 Å². The van der Waals surface area contributed by atoms with Crippen LogP contribution in [0.5, 0.6) is 5.75 Å². The molecule has 4 nitrogen and oxygen atoms in total. The second kappa shape index (κ2) is 6.58. The lowest BCUT2D eigenvalue weighted by Crippen LogP contribution is -2.24. The maximum absolute atomic E-state index is 13.0. The number of phenolic OH excluding ortho intramolecular Hbond substituents is 1. The number of fused-ring (bicyclic) bond motifs is 1. The molecule has 152 valence electrons. The van der Waals surface area contributed by atoms with Crippen molar-refractivity contribution < 1.29 is 19.8 Å².